The normalized spacial score (nSPS) is 13.5. The SMILES string of the molecule is COC(=O)[C@@](C)(N)Cc1ccc(O)c(C#N)c1. The molecule has 0 saturated carbocycles. The molecule has 17 heavy (non-hydrogen) atoms. The third-order valence-electron chi connectivity index (χ3n) is 2.40. The first-order valence-corrected chi connectivity index (χ1v) is 5.00. The Bertz CT molecular complexity index is 475. The third-order valence-corrected chi connectivity index (χ3v) is 2.40. The van der Waals surface area contributed by atoms with Crippen LogP contribution in [0.2, 0.25) is 0 Å². The molecule has 0 aliphatic rings. The van der Waals surface area contributed by atoms with E-state index in [0.717, 1.165) is 0 Å². The van der Waals surface area contributed by atoms with E-state index in [4.69, 9.17) is 11.0 Å². The van der Waals surface area contributed by atoms with Gasteiger partial charge in [-0.05, 0) is 24.6 Å². The van der Waals surface area contributed by atoms with Gasteiger partial charge in [-0.1, -0.05) is 6.07 Å². The van der Waals surface area contributed by atoms with Crippen molar-refractivity contribution in [1.82, 2.24) is 0 Å². The summed E-state index contributed by atoms with van der Waals surface area (Å²) in [6.45, 7) is 1.55. The second kappa shape index (κ2) is 4.85. The highest BCUT2D eigenvalue weighted by Crippen LogP contribution is 2.20. The van der Waals surface area contributed by atoms with Crippen LogP contribution < -0.4 is 5.73 Å². The summed E-state index contributed by atoms with van der Waals surface area (Å²) in [5.74, 6) is -0.614. The van der Waals surface area contributed by atoms with Crippen LogP contribution >= 0.6 is 0 Å². The first-order chi connectivity index (χ1) is 7.90. The Morgan fingerprint density at radius 1 is 1.65 bits per heavy atom. The smallest absolute Gasteiger partial charge is 0.325 e. The fraction of sp³-hybridized carbons (Fsp3) is 0.333. The Morgan fingerprint density at radius 3 is 2.82 bits per heavy atom. The number of benzene rings is 1. The molecule has 0 aromatic heterocycles. The molecule has 3 N–H and O–H groups in total. The minimum absolute atomic E-state index is 0.0898. The summed E-state index contributed by atoms with van der Waals surface area (Å²) in [6.07, 6.45) is 0.231. The molecule has 1 atom stereocenters. The maximum absolute atomic E-state index is 11.4. The zero-order chi connectivity index (χ0) is 13.1. The van der Waals surface area contributed by atoms with Crippen molar-refractivity contribution in [3.8, 4) is 11.8 Å². The fourth-order valence-electron chi connectivity index (χ4n) is 1.51. The number of methoxy groups -OCH3 is 1. The number of ether oxygens (including phenoxy) is 1. The summed E-state index contributed by atoms with van der Waals surface area (Å²) in [5.41, 5.74) is 5.50. The lowest BCUT2D eigenvalue weighted by Crippen LogP contribution is -2.47. The number of hydrogen-bond donors (Lipinski definition) is 2. The Kier molecular flexibility index (Phi) is 3.71. The molecule has 0 unspecified atom stereocenters. The molecule has 90 valence electrons. The second-order valence-corrected chi connectivity index (χ2v) is 4.05. The number of carbonyl (C=O) groups excluding carboxylic acids is 1. The highest BCUT2D eigenvalue weighted by atomic mass is 16.5. The topological polar surface area (TPSA) is 96.3 Å². The van der Waals surface area contributed by atoms with Gasteiger partial charge in [-0.25, -0.2) is 0 Å². The van der Waals surface area contributed by atoms with Crippen LogP contribution in [0.1, 0.15) is 18.1 Å². The summed E-state index contributed by atoms with van der Waals surface area (Å²) in [7, 11) is 1.27. The Balaban J connectivity index is 2.97. The Labute approximate surface area is 99.4 Å². The van der Waals surface area contributed by atoms with E-state index in [1.807, 2.05) is 6.07 Å². The molecule has 0 bridgehead atoms. The lowest BCUT2D eigenvalue weighted by molar-refractivity contribution is -0.146. The molecule has 5 nitrogen and oxygen atoms in total. The van der Waals surface area contributed by atoms with Gasteiger partial charge in [-0.3, -0.25) is 4.79 Å². The molecule has 0 aliphatic heterocycles. The van der Waals surface area contributed by atoms with Crippen molar-refractivity contribution in [2.75, 3.05) is 7.11 Å². The van der Waals surface area contributed by atoms with E-state index in [2.05, 4.69) is 4.74 Å². The quantitative estimate of drug-likeness (QED) is 0.750. The van der Waals surface area contributed by atoms with Crippen LogP contribution in [0.25, 0.3) is 0 Å². The monoisotopic (exact) mass is 234 g/mol. The highest BCUT2D eigenvalue weighted by molar-refractivity contribution is 5.80. The number of hydrogen-bond acceptors (Lipinski definition) is 5. The van der Waals surface area contributed by atoms with Crippen LogP contribution in [0.4, 0.5) is 0 Å². The summed E-state index contributed by atoms with van der Waals surface area (Å²) in [4.78, 5) is 11.4. The standard InChI is InChI=1S/C12H14N2O3/c1-12(14,11(16)17-2)6-8-3-4-10(15)9(5-8)7-13/h3-5,15H,6,14H2,1-2H3/t12-/m0/s1. The Hall–Kier alpha value is -2.06. The molecule has 5 heteroatoms. The van der Waals surface area contributed by atoms with Gasteiger partial charge in [0, 0.05) is 6.42 Å². The highest BCUT2D eigenvalue weighted by Gasteiger charge is 2.29. The molecule has 1 rings (SSSR count). The fourth-order valence-corrected chi connectivity index (χ4v) is 1.51. The van der Waals surface area contributed by atoms with Gasteiger partial charge in [0.1, 0.15) is 17.4 Å². The molecule has 0 heterocycles. The zero-order valence-electron chi connectivity index (χ0n) is 9.73. The molecule has 0 radical (unpaired) electrons. The van der Waals surface area contributed by atoms with E-state index in [-0.39, 0.29) is 17.7 Å². The first kappa shape index (κ1) is 13.0. The number of esters is 1. The van der Waals surface area contributed by atoms with Crippen molar-refractivity contribution < 1.29 is 14.6 Å². The molecule has 0 amide bonds. The van der Waals surface area contributed by atoms with Crippen molar-refractivity contribution in [3.05, 3.63) is 29.3 Å². The summed E-state index contributed by atoms with van der Waals surface area (Å²) < 4.78 is 4.59. The number of nitriles is 1. The van der Waals surface area contributed by atoms with Crippen LogP contribution in [-0.4, -0.2) is 23.7 Å². The predicted octanol–water partition coefficient (Wildman–Crippen LogP) is 0.697. The van der Waals surface area contributed by atoms with Crippen LogP contribution in [0.15, 0.2) is 18.2 Å². The molecule has 0 fully saturated rings. The van der Waals surface area contributed by atoms with Gasteiger partial charge in [0.05, 0.1) is 12.7 Å². The van der Waals surface area contributed by atoms with Gasteiger partial charge >= 0.3 is 5.97 Å². The summed E-state index contributed by atoms with van der Waals surface area (Å²) in [6, 6.07) is 6.38. The maximum Gasteiger partial charge on any atom is 0.325 e. The van der Waals surface area contributed by atoms with Crippen LogP contribution in [-0.2, 0) is 16.0 Å². The van der Waals surface area contributed by atoms with E-state index in [1.54, 1.807) is 13.0 Å². The van der Waals surface area contributed by atoms with E-state index in [9.17, 15) is 9.90 Å². The summed E-state index contributed by atoms with van der Waals surface area (Å²) in [5, 5.41) is 18.1. The lowest BCUT2D eigenvalue weighted by atomic mass is 9.93. The third kappa shape index (κ3) is 2.95. The average molecular weight is 234 g/mol. The van der Waals surface area contributed by atoms with E-state index < -0.39 is 11.5 Å². The van der Waals surface area contributed by atoms with Gasteiger partial charge in [-0.15, -0.1) is 0 Å². The van der Waals surface area contributed by atoms with E-state index in [1.165, 1.54) is 19.2 Å². The largest absolute Gasteiger partial charge is 0.507 e. The predicted molar refractivity (Wildman–Crippen MR) is 61.1 cm³/mol. The number of aromatic hydroxyl groups is 1. The number of carbonyl (C=O) groups is 1. The Morgan fingerprint density at radius 2 is 2.29 bits per heavy atom. The lowest BCUT2D eigenvalue weighted by Gasteiger charge is -2.21. The molecule has 0 spiro atoms. The van der Waals surface area contributed by atoms with Gasteiger partial charge in [0.15, 0.2) is 0 Å². The number of phenolic OH excluding ortho intramolecular Hbond substituents is 1. The van der Waals surface area contributed by atoms with Gasteiger partial charge in [0.2, 0.25) is 0 Å². The van der Waals surface area contributed by atoms with Crippen LogP contribution in [0.3, 0.4) is 0 Å². The first-order valence-electron chi connectivity index (χ1n) is 5.00. The summed E-state index contributed by atoms with van der Waals surface area (Å²) >= 11 is 0. The van der Waals surface area contributed by atoms with E-state index in [0.29, 0.717) is 5.56 Å². The van der Waals surface area contributed by atoms with Gasteiger partial charge in [0.25, 0.3) is 0 Å². The van der Waals surface area contributed by atoms with Crippen molar-refractivity contribution in [2.45, 2.75) is 18.9 Å². The molecule has 0 aliphatic carbocycles. The number of nitrogens with zero attached hydrogens (tertiary/aromatic N) is 1. The van der Waals surface area contributed by atoms with Crippen molar-refractivity contribution in [2.24, 2.45) is 5.73 Å². The maximum atomic E-state index is 11.4. The van der Waals surface area contributed by atoms with Crippen LogP contribution in [0.5, 0.6) is 5.75 Å². The minimum Gasteiger partial charge on any atom is -0.507 e. The van der Waals surface area contributed by atoms with Crippen molar-refractivity contribution >= 4 is 5.97 Å². The second-order valence-electron chi connectivity index (χ2n) is 4.05. The molecule has 0 saturated heterocycles. The van der Waals surface area contributed by atoms with Crippen LogP contribution in [0, 0.1) is 11.3 Å². The molecule has 1 aromatic carbocycles. The number of nitrogens with two attached hydrogens (primary N) is 1. The van der Waals surface area contributed by atoms with E-state index >= 15 is 0 Å². The van der Waals surface area contributed by atoms with Crippen molar-refractivity contribution in [3.63, 3.8) is 0 Å². The molecule has 1 aromatic rings. The number of phenols is 1. The number of rotatable bonds is 3. The van der Waals surface area contributed by atoms with Gasteiger partial charge < -0.3 is 15.6 Å². The minimum atomic E-state index is -1.15. The molecular weight excluding hydrogens is 220 g/mol. The van der Waals surface area contributed by atoms with Crippen molar-refractivity contribution in [1.29, 1.82) is 5.26 Å². The average Bonchev–Trinajstić information content (AvgIpc) is 2.30. The molecular formula is C12H14N2O3. The zero-order valence-corrected chi connectivity index (χ0v) is 9.73. The van der Waals surface area contributed by atoms with Gasteiger partial charge in [-0.2, -0.15) is 5.26 Å².